The number of imidazole rings is 1. The van der Waals surface area contributed by atoms with Crippen LogP contribution in [0, 0.1) is 0 Å². The molecule has 2 aromatic rings. The summed E-state index contributed by atoms with van der Waals surface area (Å²) in [7, 11) is 0. The molecule has 0 unspecified atom stereocenters. The van der Waals surface area contributed by atoms with Gasteiger partial charge in [-0.3, -0.25) is 4.98 Å². The van der Waals surface area contributed by atoms with Gasteiger partial charge >= 0.3 is 0 Å². The Balaban J connectivity index is 2.11. The molecule has 0 aliphatic rings. The van der Waals surface area contributed by atoms with Crippen molar-refractivity contribution in [2.24, 2.45) is 0 Å². The second kappa shape index (κ2) is 4.19. The van der Waals surface area contributed by atoms with E-state index in [1.54, 1.807) is 12.4 Å². The lowest BCUT2D eigenvalue weighted by molar-refractivity contribution is 0.656. The SMILES string of the molecule is CCCNCc1nc2ccncc2[nH]1. The first-order chi connectivity index (χ1) is 6.90. The molecule has 2 rings (SSSR count). The molecule has 0 saturated carbocycles. The summed E-state index contributed by atoms with van der Waals surface area (Å²) in [6, 6.07) is 1.91. The summed E-state index contributed by atoms with van der Waals surface area (Å²) in [5.74, 6) is 0.974. The van der Waals surface area contributed by atoms with E-state index < -0.39 is 0 Å². The summed E-state index contributed by atoms with van der Waals surface area (Å²) < 4.78 is 0. The molecule has 0 aromatic carbocycles. The smallest absolute Gasteiger partial charge is 0.121 e. The normalized spacial score (nSPS) is 10.9. The molecular weight excluding hydrogens is 176 g/mol. The standard InChI is InChI=1S/C10H14N4/c1-2-4-11-7-10-13-8-3-5-12-6-9(8)14-10/h3,5-6,11H,2,4,7H2,1H3,(H,13,14). The van der Waals surface area contributed by atoms with Gasteiger partial charge in [-0.2, -0.15) is 0 Å². The molecule has 14 heavy (non-hydrogen) atoms. The monoisotopic (exact) mass is 190 g/mol. The fourth-order valence-electron chi connectivity index (χ4n) is 1.38. The molecule has 0 amide bonds. The summed E-state index contributed by atoms with van der Waals surface area (Å²) >= 11 is 0. The van der Waals surface area contributed by atoms with Crippen LogP contribution in [0.5, 0.6) is 0 Å². The van der Waals surface area contributed by atoms with Crippen LogP contribution in [0.1, 0.15) is 19.2 Å². The van der Waals surface area contributed by atoms with Crippen LogP contribution in [-0.4, -0.2) is 21.5 Å². The molecule has 4 heteroatoms. The van der Waals surface area contributed by atoms with Crippen molar-refractivity contribution in [1.29, 1.82) is 0 Å². The van der Waals surface area contributed by atoms with Gasteiger partial charge in [0.25, 0.3) is 0 Å². The van der Waals surface area contributed by atoms with E-state index in [2.05, 4.69) is 27.2 Å². The van der Waals surface area contributed by atoms with E-state index in [0.29, 0.717) is 0 Å². The number of nitrogens with zero attached hydrogens (tertiary/aromatic N) is 2. The number of H-pyrrole nitrogens is 1. The van der Waals surface area contributed by atoms with Crippen molar-refractivity contribution in [1.82, 2.24) is 20.3 Å². The van der Waals surface area contributed by atoms with E-state index in [1.165, 1.54) is 0 Å². The van der Waals surface area contributed by atoms with Gasteiger partial charge in [-0.1, -0.05) is 6.92 Å². The van der Waals surface area contributed by atoms with Crippen LogP contribution in [0.4, 0.5) is 0 Å². The zero-order valence-corrected chi connectivity index (χ0v) is 8.25. The number of fused-ring (bicyclic) bond motifs is 1. The largest absolute Gasteiger partial charge is 0.340 e. The zero-order valence-electron chi connectivity index (χ0n) is 8.25. The first kappa shape index (κ1) is 9.15. The highest BCUT2D eigenvalue weighted by Crippen LogP contribution is 2.08. The second-order valence-corrected chi connectivity index (χ2v) is 3.25. The fraction of sp³-hybridized carbons (Fsp3) is 0.400. The lowest BCUT2D eigenvalue weighted by Gasteiger charge is -1.97. The Kier molecular flexibility index (Phi) is 2.74. The molecule has 74 valence electrons. The van der Waals surface area contributed by atoms with Crippen molar-refractivity contribution < 1.29 is 0 Å². The molecule has 4 nitrogen and oxygen atoms in total. The van der Waals surface area contributed by atoms with E-state index in [4.69, 9.17) is 0 Å². The molecular formula is C10H14N4. The summed E-state index contributed by atoms with van der Waals surface area (Å²) in [6.07, 6.45) is 4.69. The lowest BCUT2D eigenvalue weighted by atomic mass is 10.4. The van der Waals surface area contributed by atoms with Crippen molar-refractivity contribution >= 4 is 11.0 Å². The molecule has 0 fully saturated rings. The predicted molar refractivity (Wildman–Crippen MR) is 55.9 cm³/mol. The number of rotatable bonds is 4. The number of hydrogen-bond donors (Lipinski definition) is 2. The highest BCUT2D eigenvalue weighted by molar-refractivity contribution is 5.73. The molecule has 2 heterocycles. The van der Waals surface area contributed by atoms with Crippen molar-refractivity contribution in [3.05, 3.63) is 24.3 Å². The average molecular weight is 190 g/mol. The summed E-state index contributed by atoms with van der Waals surface area (Å²) in [6.45, 7) is 3.97. The Morgan fingerprint density at radius 1 is 1.50 bits per heavy atom. The molecule has 2 aromatic heterocycles. The molecule has 0 spiro atoms. The van der Waals surface area contributed by atoms with Crippen LogP contribution >= 0.6 is 0 Å². The van der Waals surface area contributed by atoms with Crippen molar-refractivity contribution in [3.8, 4) is 0 Å². The third kappa shape index (κ3) is 1.90. The molecule has 0 saturated heterocycles. The first-order valence-corrected chi connectivity index (χ1v) is 4.89. The number of hydrogen-bond acceptors (Lipinski definition) is 3. The van der Waals surface area contributed by atoms with Gasteiger partial charge in [0.1, 0.15) is 5.82 Å². The summed E-state index contributed by atoms with van der Waals surface area (Å²) in [5.41, 5.74) is 1.98. The van der Waals surface area contributed by atoms with Gasteiger partial charge in [-0.15, -0.1) is 0 Å². The number of nitrogens with one attached hydrogen (secondary N) is 2. The van der Waals surface area contributed by atoms with Crippen molar-refractivity contribution in [2.75, 3.05) is 6.54 Å². The van der Waals surface area contributed by atoms with E-state index in [1.807, 2.05) is 6.07 Å². The first-order valence-electron chi connectivity index (χ1n) is 4.89. The number of pyridine rings is 1. The Hall–Kier alpha value is -1.42. The topological polar surface area (TPSA) is 53.6 Å². The Morgan fingerprint density at radius 2 is 2.43 bits per heavy atom. The molecule has 0 atom stereocenters. The third-order valence-corrected chi connectivity index (χ3v) is 2.05. The Labute approximate surface area is 82.8 Å². The summed E-state index contributed by atoms with van der Waals surface area (Å²) in [5, 5.41) is 3.30. The van der Waals surface area contributed by atoms with Crippen molar-refractivity contribution in [2.45, 2.75) is 19.9 Å². The molecule has 0 radical (unpaired) electrons. The van der Waals surface area contributed by atoms with E-state index >= 15 is 0 Å². The van der Waals surface area contributed by atoms with Gasteiger partial charge in [0.05, 0.1) is 23.8 Å². The third-order valence-electron chi connectivity index (χ3n) is 2.05. The maximum atomic E-state index is 4.43. The maximum absolute atomic E-state index is 4.43. The van der Waals surface area contributed by atoms with Gasteiger partial charge in [0.15, 0.2) is 0 Å². The van der Waals surface area contributed by atoms with Crippen LogP contribution in [0.15, 0.2) is 18.5 Å². The molecule has 2 N–H and O–H groups in total. The van der Waals surface area contributed by atoms with Crippen LogP contribution in [0.2, 0.25) is 0 Å². The predicted octanol–water partition coefficient (Wildman–Crippen LogP) is 1.46. The molecule has 0 aliphatic heterocycles. The van der Waals surface area contributed by atoms with Crippen LogP contribution < -0.4 is 5.32 Å². The van der Waals surface area contributed by atoms with Gasteiger partial charge in [-0.05, 0) is 19.0 Å². The summed E-state index contributed by atoms with van der Waals surface area (Å²) in [4.78, 5) is 11.7. The highest BCUT2D eigenvalue weighted by Gasteiger charge is 2.00. The molecule has 0 bridgehead atoms. The fourth-order valence-corrected chi connectivity index (χ4v) is 1.38. The van der Waals surface area contributed by atoms with E-state index in [0.717, 1.165) is 36.4 Å². The van der Waals surface area contributed by atoms with E-state index in [-0.39, 0.29) is 0 Å². The van der Waals surface area contributed by atoms with Gasteiger partial charge < -0.3 is 10.3 Å². The molecule has 0 aliphatic carbocycles. The maximum Gasteiger partial charge on any atom is 0.121 e. The van der Waals surface area contributed by atoms with Gasteiger partial charge in [0, 0.05) is 6.20 Å². The van der Waals surface area contributed by atoms with Crippen LogP contribution in [-0.2, 0) is 6.54 Å². The average Bonchev–Trinajstić information content (AvgIpc) is 2.60. The van der Waals surface area contributed by atoms with Crippen molar-refractivity contribution in [3.63, 3.8) is 0 Å². The van der Waals surface area contributed by atoms with Crippen LogP contribution in [0.25, 0.3) is 11.0 Å². The minimum absolute atomic E-state index is 0.794. The highest BCUT2D eigenvalue weighted by atomic mass is 15.0. The lowest BCUT2D eigenvalue weighted by Crippen LogP contribution is -2.14. The Bertz CT molecular complexity index is 374. The minimum atomic E-state index is 0.794. The second-order valence-electron chi connectivity index (χ2n) is 3.25. The number of aromatic nitrogens is 3. The van der Waals surface area contributed by atoms with E-state index in [9.17, 15) is 0 Å². The minimum Gasteiger partial charge on any atom is -0.340 e. The van der Waals surface area contributed by atoms with Gasteiger partial charge in [-0.25, -0.2) is 4.98 Å². The number of aromatic amines is 1. The van der Waals surface area contributed by atoms with Gasteiger partial charge in [0.2, 0.25) is 0 Å². The zero-order chi connectivity index (χ0) is 9.80. The quantitative estimate of drug-likeness (QED) is 0.717. The van der Waals surface area contributed by atoms with Crippen LogP contribution in [0.3, 0.4) is 0 Å². The Morgan fingerprint density at radius 3 is 3.21 bits per heavy atom.